The topological polar surface area (TPSA) is 84.2 Å². The molecule has 2 N–H and O–H groups in total. The first-order valence-electron chi connectivity index (χ1n) is 10.1. The first-order chi connectivity index (χ1) is 13.8. The Morgan fingerprint density at radius 3 is 2.34 bits per heavy atom. The monoisotopic (exact) mass is 411 g/mol. The fraction of sp³-hybridized carbons (Fsp3) is 0.650. The molecule has 29 heavy (non-hydrogen) atoms. The van der Waals surface area contributed by atoms with Crippen LogP contribution < -0.4 is 5.32 Å². The number of hydrogen-bond donors (Lipinski definition) is 2. The second-order valence-corrected chi connectivity index (χ2v) is 8.27. The lowest BCUT2D eigenvalue weighted by atomic mass is 9.62. The van der Waals surface area contributed by atoms with Crippen LogP contribution in [0.4, 0.5) is 13.2 Å². The molecule has 2 saturated carbocycles. The second-order valence-electron chi connectivity index (χ2n) is 8.27. The van der Waals surface area contributed by atoms with Gasteiger partial charge in [-0.3, -0.25) is 14.3 Å². The van der Waals surface area contributed by atoms with Crippen LogP contribution in [0.2, 0.25) is 0 Å². The van der Waals surface area contributed by atoms with E-state index in [1.165, 1.54) is 4.68 Å². The Balaban J connectivity index is 1.34. The van der Waals surface area contributed by atoms with E-state index in [-0.39, 0.29) is 36.8 Å². The maximum absolute atomic E-state index is 13.0. The van der Waals surface area contributed by atoms with Crippen LogP contribution in [0.5, 0.6) is 0 Å². The summed E-state index contributed by atoms with van der Waals surface area (Å²) in [6, 6.07) is 1.12. The summed E-state index contributed by atoms with van der Waals surface area (Å²) in [5.74, 6) is -2.57. The summed E-state index contributed by atoms with van der Waals surface area (Å²) in [4.78, 5) is 24.3. The average molecular weight is 411 g/mol. The number of nitrogens with one attached hydrogen (secondary N) is 1. The molecule has 0 spiro atoms. The van der Waals surface area contributed by atoms with Crippen molar-refractivity contribution in [3.63, 3.8) is 0 Å². The molecule has 6 nitrogen and oxygen atoms in total. The Morgan fingerprint density at radius 1 is 1.14 bits per heavy atom. The van der Waals surface area contributed by atoms with Gasteiger partial charge < -0.3 is 10.4 Å². The van der Waals surface area contributed by atoms with Crippen molar-refractivity contribution in [2.45, 2.75) is 50.7 Å². The number of rotatable bonds is 7. The Labute approximate surface area is 166 Å². The Bertz CT molecular complexity index is 829. The van der Waals surface area contributed by atoms with Crippen LogP contribution >= 0.6 is 0 Å². The van der Waals surface area contributed by atoms with Crippen molar-refractivity contribution < 1.29 is 27.9 Å². The van der Waals surface area contributed by atoms with E-state index in [4.69, 9.17) is 0 Å². The van der Waals surface area contributed by atoms with Gasteiger partial charge in [0.05, 0.1) is 11.8 Å². The molecular formula is C20H24F3N3O3. The van der Waals surface area contributed by atoms with E-state index in [0.29, 0.717) is 12.1 Å². The molecule has 2 fully saturated rings. The van der Waals surface area contributed by atoms with Crippen molar-refractivity contribution in [2.75, 3.05) is 6.54 Å². The molecule has 9 heteroatoms. The van der Waals surface area contributed by atoms with Gasteiger partial charge in [-0.05, 0) is 50.0 Å². The Kier molecular flexibility index (Phi) is 5.16. The smallest absolute Gasteiger partial charge is 0.435 e. The molecule has 0 unspecified atom stereocenters. The number of halogens is 3. The first-order valence-corrected chi connectivity index (χ1v) is 10.1. The molecule has 4 aliphatic carbocycles. The minimum absolute atomic E-state index is 0.0666. The molecule has 4 aliphatic rings. The molecule has 4 atom stereocenters. The molecule has 0 saturated heterocycles. The van der Waals surface area contributed by atoms with Crippen LogP contribution in [0, 0.1) is 23.7 Å². The number of nitrogens with zero attached hydrogens (tertiary/aromatic N) is 2. The summed E-state index contributed by atoms with van der Waals surface area (Å²) in [7, 11) is 0. The predicted octanol–water partition coefficient (Wildman–Crippen LogP) is 3.20. The fourth-order valence-corrected chi connectivity index (χ4v) is 4.70. The maximum atomic E-state index is 13.0. The highest BCUT2D eigenvalue weighted by molar-refractivity contribution is 5.86. The molecule has 0 aliphatic heterocycles. The van der Waals surface area contributed by atoms with Gasteiger partial charge in [-0.1, -0.05) is 12.2 Å². The van der Waals surface area contributed by atoms with Gasteiger partial charge in [0.1, 0.15) is 0 Å². The highest BCUT2D eigenvalue weighted by Crippen LogP contribution is 2.45. The number of allylic oxidation sites excluding steroid dienone is 2. The number of carboxylic acid groups (broad SMARTS) is 1. The quantitative estimate of drug-likeness (QED) is 0.533. The van der Waals surface area contributed by atoms with Crippen LogP contribution in [0.25, 0.3) is 0 Å². The van der Waals surface area contributed by atoms with Gasteiger partial charge >= 0.3 is 12.1 Å². The summed E-state index contributed by atoms with van der Waals surface area (Å²) in [6.45, 7) is 0.551. The summed E-state index contributed by atoms with van der Waals surface area (Å²) in [6.07, 6.45) is 3.14. The van der Waals surface area contributed by atoms with E-state index in [1.807, 2.05) is 12.2 Å². The predicted molar refractivity (Wildman–Crippen MR) is 96.8 cm³/mol. The van der Waals surface area contributed by atoms with Crippen LogP contribution in [0.3, 0.4) is 0 Å². The van der Waals surface area contributed by atoms with Gasteiger partial charge in [0, 0.05) is 24.7 Å². The van der Waals surface area contributed by atoms with Gasteiger partial charge in [-0.2, -0.15) is 18.3 Å². The van der Waals surface area contributed by atoms with Crippen molar-refractivity contribution in [2.24, 2.45) is 23.7 Å². The van der Waals surface area contributed by atoms with Crippen LogP contribution in [0.15, 0.2) is 18.2 Å². The molecular weight excluding hydrogens is 387 g/mol. The van der Waals surface area contributed by atoms with Crippen molar-refractivity contribution in [3.8, 4) is 0 Å². The number of alkyl halides is 3. The number of fused-ring (bicyclic) bond motifs is 2. The lowest BCUT2D eigenvalue weighted by Gasteiger charge is -2.41. The molecule has 1 amide bonds. The number of carboxylic acids is 1. The van der Waals surface area contributed by atoms with Gasteiger partial charge in [-0.25, -0.2) is 0 Å². The lowest BCUT2D eigenvalue weighted by molar-refractivity contribution is -0.153. The van der Waals surface area contributed by atoms with E-state index in [0.717, 1.165) is 31.7 Å². The molecule has 2 bridgehead atoms. The van der Waals surface area contributed by atoms with Crippen LogP contribution in [-0.4, -0.2) is 33.3 Å². The Morgan fingerprint density at radius 2 is 1.79 bits per heavy atom. The summed E-state index contributed by atoms with van der Waals surface area (Å²) >= 11 is 0. The fourth-order valence-electron chi connectivity index (χ4n) is 4.70. The van der Waals surface area contributed by atoms with Crippen molar-refractivity contribution >= 4 is 11.9 Å². The average Bonchev–Trinajstić information content (AvgIpc) is 3.43. The largest absolute Gasteiger partial charge is 0.481 e. The summed E-state index contributed by atoms with van der Waals surface area (Å²) in [5.41, 5.74) is -0.276. The highest BCUT2D eigenvalue weighted by atomic mass is 19.4. The normalized spacial score (nSPS) is 28.5. The van der Waals surface area contributed by atoms with E-state index < -0.39 is 29.7 Å². The third kappa shape index (κ3) is 4.04. The maximum Gasteiger partial charge on any atom is 0.435 e. The third-order valence-corrected chi connectivity index (χ3v) is 6.28. The highest BCUT2D eigenvalue weighted by Gasteiger charge is 2.48. The van der Waals surface area contributed by atoms with Crippen molar-refractivity contribution in [1.82, 2.24) is 15.1 Å². The zero-order valence-electron chi connectivity index (χ0n) is 15.9. The molecule has 0 radical (unpaired) electrons. The van der Waals surface area contributed by atoms with E-state index in [9.17, 15) is 27.9 Å². The number of aliphatic carboxylic acids is 1. The van der Waals surface area contributed by atoms with E-state index in [2.05, 4.69) is 10.4 Å². The van der Waals surface area contributed by atoms with Crippen LogP contribution in [-0.2, 0) is 22.3 Å². The lowest BCUT2D eigenvalue weighted by Crippen LogP contribution is -2.49. The van der Waals surface area contributed by atoms with E-state index in [1.54, 1.807) is 0 Å². The number of carbonyl (C=O) groups is 2. The summed E-state index contributed by atoms with van der Waals surface area (Å²) < 4.78 is 40.3. The number of carbonyl (C=O) groups excluding carboxylic acids is 1. The molecule has 1 aromatic heterocycles. The van der Waals surface area contributed by atoms with Gasteiger partial charge in [-0.15, -0.1) is 0 Å². The zero-order valence-corrected chi connectivity index (χ0v) is 15.9. The number of aromatic nitrogens is 2. The molecule has 0 aromatic carbocycles. The van der Waals surface area contributed by atoms with E-state index >= 15 is 0 Å². The van der Waals surface area contributed by atoms with Gasteiger partial charge in [0.2, 0.25) is 5.91 Å². The number of hydrogen-bond acceptors (Lipinski definition) is 3. The number of aryl methyl sites for hydroxylation is 1. The SMILES string of the molecule is O=C(NCCCn1nc(C(F)(F)F)cc1C1CC1)[C@@H]1[C@H](C(=O)O)[C@@H]2C=C[C@H]1CC2. The molecule has 1 heterocycles. The number of amides is 1. The van der Waals surface area contributed by atoms with Gasteiger partial charge in [0.25, 0.3) is 0 Å². The first kappa shape index (κ1) is 20.0. The van der Waals surface area contributed by atoms with Crippen molar-refractivity contribution in [1.29, 1.82) is 0 Å². The standard InChI is InChI=1S/C20H24F3N3O3/c21-20(22,23)15-10-14(11-2-3-11)26(25-15)9-1-8-24-18(27)16-12-4-6-13(7-5-12)17(16)19(28)29/h4,6,10-13,16-17H,1-3,5,7-9H2,(H,24,27)(H,28,29)/t12-,13+,16-,17+/m0/s1. The molecule has 5 rings (SSSR count). The molecule has 158 valence electrons. The van der Waals surface area contributed by atoms with Gasteiger partial charge in [0.15, 0.2) is 5.69 Å². The van der Waals surface area contributed by atoms with Crippen LogP contribution in [0.1, 0.15) is 49.4 Å². The third-order valence-electron chi connectivity index (χ3n) is 6.28. The molecule has 1 aromatic rings. The summed E-state index contributed by atoms with van der Waals surface area (Å²) in [5, 5.41) is 16.0. The minimum Gasteiger partial charge on any atom is -0.481 e. The van der Waals surface area contributed by atoms with Crippen molar-refractivity contribution in [3.05, 3.63) is 29.6 Å². The second kappa shape index (κ2) is 7.50. The Hall–Kier alpha value is -2.32. The minimum atomic E-state index is -4.47. The zero-order chi connectivity index (χ0) is 20.8.